The van der Waals surface area contributed by atoms with Gasteiger partial charge in [-0.05, 0) is 26.7 Å². The number of aryl methyl sites for hydroxylation is 2. The van der Waals surface area contributed by atoms with Gasteiger partial charge in [-0.3, -0.25) is 4.79 Å². The third-order valence-electron chi connectivity index (χ3n) is 3.00. The first-order valence-electron chi connectivity index (χ1n) is 5.86. The summed E-state index contributed by atoms with van der Waals surface area (Å²) in [6.45, 7) is 7.82. The number of hydrogen-bond acceptors (Lipinski definition) is 4. The molecule has 1 aromatic rings. The van der Waals surface area contributed by atoms with Crippen LogP contribution in [0.1, 0.15) is 47.1 Å². The summed E-state index contributed by atoms with van der Waals surface area (Å²) < 4.78 is 0. The number of carbonyl (C=O) groups excluding carboxylic acids is 1. The quantitative estimate of drug-likeness (QED) is 0.847. The molecule has 1 aromatic heterocycles. The van der Waals surface area contributed by atoms with E-state index in [1.807, 2.05) is 27.7 Å². The Kier molecular flexibility index (Phi) is 4.65. The van der Waals surface area contributed by atoms with Crippen molar-refractivity contribution in [2.45, 2.75) is 46.1 Å². The van der Waals surface area contributed by atoms with E-state index >= 15 is 0 Å². The zero-order chi connectivity index (χ0) is 13.1. The van der Waals surface area contributed by atoms with Gasteiger partial charge in [0.25, 0.3) is 5.91 Å². The van der Waals surface area contributed by atoms with Gasteiger partial charge in [0.2, 0.25) is 0 Å². The van der Waals surface area contributed by atoms with Crippen LogP contribution in [0, 0.1) is 13.8 Å². The van der Waals surface area contributed by atoms with Crippen LogP contribution in [0.25, 0.3) is 0 Å². The molecule has 0 aromatic carbocycles. The highest BCUT2D eigenvalue weighted by atomic mass is 32.1. The molecule has 0 aliphatic heterocycles. The van der Waals surface area contributed by atoms with Crippen molar-refractivity contribution in [2.75, 3.05) is 6.54 Å². The SMILES string of the molecule is CCC(O)(CC)CNC(=O)c1sc(C)nc1C. The molecule has 0 radical (unpaired) electrons. The molecule has 0 bridgehead atoms. The van der Waals surface area contributed by atoms with Crippen molar-refractivity contribution >= 4 is 17.2 Å². The van der Waals surface area contributed by atoms with E-state index in [9.17, 15) is 9.90 Å². The smallest absolute Gasteiger partial charge is 0.263 e. The van der Waals surface area contributed by atoms with Gasteiger partial charge in [-0.25, -0.2) is 4.98 Å². The molecule has 0 aliphatic rings. The highest BCUT2D eigenvalue weighted by molar-refractivity contribution is 7.13. The predicted octanol–water partition coefficient (Wildman–Crippen LogP) is 2.04. The van der Waals surface area contributed by atoms with E-state index in [2.05, 4.69) is 10.3 Å². The van der Waals surface area contributed by atoms with Gasteiger partial charge in [0, 0.05) is 6.54 Å². The summed E-state index contributed by atoms with van der Waals surface area (Å²) in [5.74, 6) is -0.145. The number of rotatable bonds is 5. The summed E-state index contributed by atoms with van der Waals surface area (Å²) in [6.07, 6.45) is 1.26. The van der Waals surface area contributed by atoms with Crippen LogP contribution in [0.2, 0.25) is 0 Å². The van der Waals surface area contributed by atoms with Gasteiger partial charge in [0.05, 0.1) is 16.3 Å². The molecule has 0 unspecified atom stereocenters. The molecule has 0 spiro atoms. The molecule has 1 amide bonds. The maximum atomic E-state index is 11.9. The lowest BCUT2D eigenvalue weighted by Crippen LogP contribution is -2.42. The minimum atomic E-state index is -0.802. The minimum Gasteiger partial charge on any atom is -0.388 e. The van der Waals surface area contributed by atoms with Gasteiger partial charge in [0.1, 0.15) is 4.88 Å². The zero-order valence-corrected chi connectivity index (χ0v) is 11.6. The van der Waals surface area contributed by atoms with Crippen molar-refractivity contribution in [1.82, 2.24) is 10.3 Å². The second kappa shape index (κ2) is 5.60. The van der Waals surface area contributed by atoms with Crippen molar-refractivity contribution in [2.24, 2.45) is 0 Å². The predicted molar refractivity (Wildman–Crippen MR) is 69.5 cm³/mol. The fourth-order valence-corrected chi connectivity index (χ4v) is 2.40. The van der Waals surface area contributed by atoms with Gasteiger partial charge in [0.15, 0.2) is 0 Å². The van der Waals surface area contributed by atoms with Crippen LogP contribution in [-0.4, -0.2) is 28.1 Å². The topological polar surface area (TPSA) is 62.2 Å². The number of thiazole rings is 1. The Morgan fingerprint density at radius 3 is 2.41 bits per heavy atom. The average molecular weight is 256 g/mol. The maximum absolute atomic E-state index is 11.9. The summed E-state index contributed by atoms with van der Waals surface area (Å²) in [5.41, 5.74) is -0.0509. The Morgan fingerprint density at radius 1 is 1.41 bits per heavy atom. The number of carbonyl (C=O) groups is 1. The Hall–Kier alpha value is -0.940. The third-order valence-corrected chi connectivity index (χ3v) is 4.08. The van der Waals surface area contributed by atoms with Crippen LogP contribution in [0.3, 0.4) is 0 Å². The second-order valence-corrected chi connectivity index (χ2v) is 5.46. The lowest BCUT2D eigenvalue weighted by atomic mass is 9.97. The molecule has 96 valence electrons. The highest BCUT2D eigenvalue weighted by Gasteiger charge is 2.24. The number of amides is 1. The van der Waals surface area contributed by atoms with Gasteiger partial charge in [-0.1, -0.05) is 13.8 Å². The second-order valence-electron chi connectivity index (χ2n) is 4.26. The third kappa shape index (κ3) is 3.51. The molecule has 17 heavy (non-hydrogen) atoms. The molecule has 4 nitrogen and oxygen atoms in total. The van der Waals surface area contributed by atoms with Gasteiger partial charge < -0.3 is 10.4 Å². The normalized spacial score (nSPS) is 11.6. The number of nitrogens with zero attached hydrogens (tertiary/aromatic N) is 1. The van der Waals surface area contributed by atoms with Crippen molar-refractivity contribution in [3.63, 3.8) is 0 Å². The molecule has 0 atom stereocenters. The summed E-state index contributed by atoms with van der Waals surface area (Å²) >= 11 is 1.38. The first-order chi connectivity index (χ1) is 7.91. The van der Waals surface area contributed by atoms with Crippen LogP contribution < -0.4 is 5.32 Å². The van der Waals surface area contributed by atoms with Crippen molar-refractivity contribution in [3.05, 3.63) is 15.6 Å². The van der Waals surface area contributed by atoms with Gasteiger partial charge in [-0.15, -0.1) is 11.3 Å². The Balaban J connectivity index is 2.65. The van der Waals surface area contributed by atoms with E-state index < -0.39 is 5.60 Å². The Bertz CT molecular complexity index is 397. The number of hydrogen-bond donors (Lipinski definition) is 2. The van der Waals surface area contributed by atoms with Crippen LogP contribution in [0.15, 0.2) is 0 Å². The lowest BCUT2D eigenvalue weighted by Gasteiger charge is -2.25. The Morgan fingerprint density at radius 2 is 2.00 bits per heavy atom. The monoisotopic (exact) mass is 256 g/mol. The van der Waals surface area contributed by atoms with Crippen molar-refractivity contribution in [3.8, 4) is 0 Å². The fraction of sp³-hybridized carbons (Fsp3) is 0.667. The zero-order valence-electron chi connectivity index (χ0n) is 10.8. The summed E-state index contributed by atoms with van der Waals surface area (Å²) in [6, 6.07) is 0. The molecule has 1 rings (SSSR count). The van der Waals surface area contributed by atoms with Crippen molar-refractivity contribution in [1.29, 1.82) is 0 Å². The first kappa shape index (κ1) is 14.1. The Labute approximate surface area is 106 Å². The van der Waals surface area contributed by atoms with E-state index in [4.69, 9.17) is 0 Å². The molecule has 1 heterocycles. The number of aliphatic hydroxyl groups is 1. The van der Waals surface area contributed by atoms with E-state index in [1.165, 1.54) is 11.3 Å². The van der Waals surface area contributed by atoms with Crippen LogP contribution in [-0.2, 0) is 0 Å². The molecule has 0 fully saturated rings. The van der Waals surface area contributed by atoms with Gasteiger partial charge >= 0.3 is 0 Å². The van der Waals surface area contributed by atoms with E-state index in [-0.39, 0.29) is 12.5 Å². The van der Waals surface area contributed by atoms with E-state index in [1.54, 1.807) is 0 Å². The van der Waals surface area contributed by atoms with E-state index in [0.717, 1.165) is 10.7 Å². The minimum absolute atomic E-state index is 0.145. The molecule has 0 aliphatic carbocycles. The van der Waals surface area contributed by atoms with Crippen LogP contribution in [0.5, 0.6) is 0 Å². The number of nitrogens with one attached hydrogen (secondary N) is 1. The first-order valence-corrected chi connectivity index (χ1v) is 6.68. The highest BCUT2D eigenvalue weighted by Crippen LogP contribution is 2.18. The molecule has 5 heteroatoms. The summed E-state index contributed by atoms with van der Waals surface area (Å²) in [7, 11) is 0. The standard InChI is InChI=1S/C12H20N2O2S/c1-5-12(16,6-2)7-13-11(15)10-8(3)14-9(4)17-10/h16H,5-7H2,1-4H3,(H,13,15). The molecular formula is C12H20N2O2S. The van der Waals surface area contributed by atoms with E-state index in [0.29, 0.717) is 17.7 Å². The van der Waals surface area contributed by atoms with Gasteiger partial charge in [-0.2, -0.15) is 0 Å². The van der Waals surface area contributed by atoms with Crippen LogP contribution >= 0.6 is 11.3 Å². The summed E-state index contributed by atoms with van der Waals surface area (Å²) in [5, 5.41) is 13.7. The molecular weight excluding hydrogens is 236 g/mol. The molecule has 0 saturated heterocycles. The largest absolute Gasteiger partial charge is 0.388 e. The fourth-order valence-electron chi connectivity index (χ4n) is 1.57. The number of aromatic nitrogens is 1. The maximum Gasteiger partial charge on any atom is 0.263 e. The molecule has 0 saturated carbocycles. The average Bonchev–Trinajstić information content (AvgIpc) is 2.65. The lowest BCUT2D eigenvalue weighted by molar-refractivity contribution is 0.0314. The summed E-state index contributed by atoms with van der Waals surface area (Å²) in [4.78, 5) is 16.8. The molecule has 2 N–H and O–H groups in total. The van der Waals surface area contributed by atoms with Crippen molar-refractivity contribution < 1.29 is 9.90 Å². The van der Waals surface area contributed by atoms with Crippen LogP contribution in [0.4, 0.5) is 0 Å².